The molecule has 0 aliphatic rings. The van der Waals surface area contributed by atoms with E-state index in [2.05, 4.69) is 9.46 Å². The van der Waals surface area contributed by atoms with Crippen LogP contribution in [0.5, 0.6) is 5.75 Å². The van der Waals surface area contributed by atoms with Crippen LogP contribution in [0.3, 0.4) is 0 Å². The molecule has 2 N–H and O–H groups in total. The van der Waals surface area contributed by atoms with E-state index in [4.69, 9.17) is 4.74 Å². The first kappa shape index (κ1) is 15.1. The van der Waals surface area contributed by atoms with Gasteiger partial charge in [0.25, 0.3) is 0 Å². The molecule has 0 heterocycles. The molecule has 0 radical (unpaired) electrons. The Morgan fingerprint density at radius 3 is 2.32 bits per heavy atom. The van der Waals surface area contributed by atoms with Crippen molar-refractivity contribution in [2.75, 3.05) is 17.9 Å². The van der Waals surface area contributed by atoms with E-state index >= 15 is 0 Å². The van der Waals surface area contributed by atoms with Gasteiger partial charge in [0.15, 0.2) is 0 Å². The summed E-state index contributed by atoms with van der Waals surface area (Å²) in [5, 5.41) is 0. The van der Waals surface area contributed by atoms with Crippen molar-refractivity contribution in [3.8, 4) is 5.75 Å². The summed E-state index contributed by atoms with van der Waals surface area (Å²) in [4.78, 5) is 11.0. The average Bonchev–Trinajstić information content (AvgIpc) is 2.31. The third-order valence-corrected chi connectivity index (χ3v) is 2.85. The second-order valence-electron chi connectivity index (χ2n) is 3.39. The van der Waals surface area contributed by atoms with Crippen molar-refractivity contribution in [3.63, 3.8) is 0 Å². The van der Waals surface area contributed by atoms with Crippen LogP contribution in [0.2, 0.25) is 0 Å². The molecule has 1 amide bonds. The van der Waals surface area contributed by atoms with Crippen molar-refractivity contribution < 1.29 is 22.7 Å². The topological polar surface area (TPSA) is 93.7 Å². The maximum absolute atomic E-state index is 11.5. The van der Waals surface area contributed by atoms with Crippen LogP contribution >= 0.6 is 0 Å². The molecule has 0 fully saturated rings. The van der Waals surface area contributed by atoms with Crippen molar-refractivity contribution in [3.05, 3.63) is 24.3 Å². The summed E-state index contributed by atoms with van der Waals surface area (Å²) >= 11 is 0. The molecule has 0 saturated carbocycles. The number of carbonyl (C=O) groups is 1. The molecule has 0 aliphatic heterocycles. The van der Waals surface area contributed by atoms with Gasteiger partial charge < -0.3 is 9.47 Å². The SMILES string of the molecule is CCOC(=O)NS(=O)(=O)Nc1ccc(OCC)cc1. The number of ether oxygens (including phenoxy) is 2. The van der Waals surface area contributed by atoms with Gasteiger partial charge in [-0.3, -0.25) is 4.72 Å². The fourth-order valence-corrected chi connectivity index (χ4v) is 2.01. The molecular formula is C11H16N2O5S. The lowest BCUT2D eigenvalue weighted by atomic mass is 10.3. The van der Waals surface area contributed by atoms with Crippen molar-refractivity contribution in [2.24, 2.45) is 0 Å². The lowest BCUT2D eigenvalue weighted by Crippen LogP contribution is -2.35. The van der Waals surface area contributed by atoms with Crippen LogP contribution in [0.15, 0.2) is 24.3 Å². The van der Waals surface area contributed by atoms with Crippen molar-refractivity contribution in [1.29, 1.82) is 0 Å². The number of carbonyl (C=O) groups excluding carboxylic acids is 1. The van der Waals surface area contributed by atoms with Gasteiger partial charge in [-0.1, -0.05) is 0 Å². The minimum absolute atomic E-state index is 0.0877. The van der Waals surface area contributed by atoms with E-state index < -0.39 is 16.3 Å². The quantitative estimate of drug-likeness (QED) is 0.827. The monoisotopic (exact) mass is 288 g/mol. The molecule has 0 aromatic heterocycles. The lowest BCUT2D eigenvalue weighted by Gasteiger charge is -2.09. The number of amides is 1. The summed E-state index contributed by atoms with van der Waals surface area (Å²) in [6, 6.07) is 6.28. The molecule has 0 unspecified atom stereocenters. The highest BCUT2D eigenvalue weighted by Gasteiger charge is 2.14. The third-order valence-electron chi connectivity index (χ3n) is 1.91. The first-order valence-corrected chi connectivity index (χ1v) is 7.15. The Morgan fingerprint density at radius 2 is 1.79 bits per heavy atom. The maximum atomic E-state index is 11.5. The largest absolute Gasteiger partial charge is 0.494 e. The molecule has 7 nitrogen and oxygen atoms in total. The van der Waals surface area contributed by atoms with Crippen molar-refractivity contribution >= 4 is 22.0 Å². The molecule has 0 spiro atoms. The summed E-state index contributed by atoms with van der Waals surface area (Å²) < 4.78 is 36.7. The van der Waals surface area contributed by atoms with Gasteiger partial charge in [0, 0.05) is 0 Å². The molecule has 0 saturated heterocycles. The normalized spacial score (nSPS) is 10.6. The molecule has 19 heavy (non-hydrogen) atoms. The first-order chi connectivity index (χ1) is 8.96. The van der Waals surface area contributed by atoms with Crippen molar-refractivity contribution in [1.82, 2.24) is 4.72 Å². The fourth-order valence-electron chi connectivity index (χ4n) is 1.24. The smallest absolute Gasteiger partial charge is 0.422 e. The number of anilines is 1. The van der Waals surface area contributed by atoms with Gasteiger partial charge in [0.1, 0.15) is 5.75 Å². The Kier molecular flexibility index (Phi) is 5.43. The highest BCUT2D eigenvalue weighted by molar-refractivity contribution is 7.91. The second kappa shape index (κ2) is 6.83. The highest BCUT2D eigenvalue weighted by Crippen LogP contribution is 2.16. The van der Waals surface area contributed by atoms with E-state index in [1.807, 2.05) is 6.92 Å². The van der Waals surface area contributed by atoms with Gasteiger partial charge in [-0.15, -0.1) is 0 Å². The molecule has 1 rings (SSSR count). The molecular weight excluding hydrogens is 272 g/mol. The Balaban J connectivity index is 2.64. The van der Waals surface area contributed by atoms with Crippen LogP contribution in [-0.4, -0.2) is 27.7 Å². The maximum Gasteiger partial charge on any atom is 0.422 e. The van der Waals surface area contributed by atoms with E-state index in [0.29, 0.717) is 18.0 Å². The van der Waals surface area contributed by atoms with Crippen LogP contribution in [0.4, 0.5) is 10.5 Å². The first-order valence-electron chi connectivity index (χ1n) is 5.67. The van der Waals surface area contributed by atoms with Crippen LogP contribution in [0.1, 0.15) is 13.8 Å². The average molecular weight is 288 g/mol. The van der Waals surface area contributed by atoms with Crippen LogP contribution < -0.4 is 14.2 Å². The molecule has 8 heteroatoms. The predicted molar refractivity (Wildman–Crippen MR) is 70.3 cm³/mol. The zero-order valence-electron chi connectivity index (χ0n) is 10.7. The van der Waals surface area contributed by atoms with Gasteiger partial charge in [-0.05, 0) is 38.1 Å². The minimum Gasteiger partial charge on any atom is -0.494 e. The van der Waals surface area contributed by atoms with Gasteiger partial charge in [0.05, 0.1) is 18.9 Å². The summed E-state index contributed by atoms with van der Waals surface area (Å²) in [6.07, 6.45) is -1.03. The van der Waals surface area contributed by atoms with E-state index in [1.165, 1.54) is 12.1 Å². The lowest BCUT2D eigenvalue weighted by molar-refractivity contribution is 0.159. The molecule has 0 aliphatic carbocycles. The van der Waals surface area contributed by atoms with Crippen LogP contribution in [-0.2, 0) is 14.9 Å². The summed E-state index contributed by atoms with van der Waals surface area (Å²) in [5.41, 5.74) is 0.306. The summed E-state index contributed by atoms with van der Waals surface area (Å²) in [7, 11) is -4.00. The molecule has 0 bridgehead atoms. The fraction of sp³-hybridized carbons (Fsp3) is 0.364. The minimum atomic E-state index is -4.00. The second-order valence-corrected chi connectivity index (χ2v) is 4.80. The zero-order chi connectivity index (χ0) is 14.3. The number of hydrogen-bond acceptors (Lipinski definition) is 5. The van der Waals surface area contributed by atoms with Crippen molar-refractivity contribution in [2.45, 2.75) is 13.8 Å². The zero-order valence-corrected chi connectivity index (χ0v) is 11.5. The van der Waals surface area contributed by atoms with E-state index in [1.54, 1.807) is 23.8 Å². The van der Waals surface area contributed by atoms with E-state index in [-0.39, 0.29) is 6.61 Å². The highest BCUT2D eigenvalue weighted by atomic mass is 32.2. The summed E-state index contributed by atoms with van der Waals surface area (Å²) in [5.74, 6) is 0.629. The third kappa shape index (κ3) is 5.47. The Bertz CT molecular complexity index is 512. The number of rotatable bonds is 6. The number of hydrogen-bond donors (Lipinski definition) is 2. The molecule has 1 aromatic rings. The van der Waals surface area contributed by atoms with Crippen LogP contribution in [0, 0.1) is 0 Å². The standard InChI is InChI=1S/C11H16N2O5S/c1-3-17-10-7-5-9(6-8-10)12-19(15,16)13-11(14)18-4-2/h5-8,12H,3-4H2,1-2H3,(H,13,14). The Hall–Kier alpha value is -1.96. The van der Waals surface area contributed by atoms with E-state index in [0.717, 1.165) is 0 Å². The number of nitrogens with one attached hydrogen (secondary N) is 2. The van der Waals surface area contributed by atoms with Gasteiger partial charge in [-0.2, -0.15) is 8.42 Å². The van der Waals surface area contributed by atoms with Gasteiger partial charge in [-0.25, -0.2) is 9.52 Å². The van der Waals surface area contributed by atoms with E-state index in [9.17, 15) is 13.2 Å². The molecule has 106 valence electrons. The molecule has 0 atom stereocenters. The summed E-state index contributed by atoms with van der Waals surface area (Å²) in [6.45, 7) is 4.03. The Morgan fingerprint density at radius 1 is 1.16 bits per heavy atom. The molecule has 1 aromatic carbocycles. The van der Waals surface area contributed by atoms with Gasteiger partial charge in [0.2, 0.25) is 0 Å². The van der Waals surface area contributed by atoms with Crippen LogP contribution in [0.25, 0.3) is 0 Å². The van der Waals surface area contributed by atoms with Gasteiger partial charge >= 0.3 is 16.3 Å². The predicted octanol–water partition coefficient (Wildman–Crippen LogP) is 1.49. The Labute approximate surface area is 112 Å². The number of benzene rings is 1.